The molecule has 0 amide bonds. The van der Waals surface area contributed by atoms with Gasteiger partial charge in [0.05, 0.1) is 6.61 Å². The van der Waals surface area contributed by atoms with E-state index in [2.05, 4.69) is 6.58 Å². The third-order valence-electron chi connectivity index (χ3n) is 1.91. The Balaban J connectivity index is 4.36. The smallest absolute Gasteiger partial charge is 0.192 e. The van der Waals surface area contributed by atoms with Gasteiger partial charge in [0.1, 0.15) is 24.4 Å². The van der Waals surface area contributed by atoms with Crippen molar-refractivity contribution in [3.63, 3.8) is 0 Å². The van der Waals surface area contributed by atoms with Gasteiger partial charge < -0.3 is 25.5 Å². The van der Waals surface area contributed by atoms with Gasteiger partial charge in [-0.05, 0) is 6.42 Å². The molecule has 0 aliphatic heterocycles. The summed E-state index contributed by atoms with van der Waals surface area (Å²) in [5.41, 5.74) is 0. The Morgan fingerprint density at radius 2 is 1.80 bits per heavy atom. The molecule has 0 saturated carbocycles. The van der Waals surface area contributed by atoms with Crippen LogP contribution in [0.4, 0.5) is 0 Å². The van der Waals surface area contributed by atoms with Crippen LogP contribution in [-0.2, 0) is 4.79 Å². The molecule has 4 atom stereocenters. The molecule has 0 aromatic rings. The van der Waals surface area contributed by atoms with Crippen molar-refractivity contribution in [2.24, 2.45) is 0 Å². The molecule has 6 nitrogen and oxygen atoms in total. The summed E-state index contributed by atoms with van der Waals surface area (Å²) in [5.74, 6) is -1.02. The molecule has 0 spiro atoms. The van der Waals surface area contributed by atoms with E-state index in [4.69, 9.17) is 20.4 Å². The fourth-order valence-corrected chi connectivity index (χ4v) is 0.958. The molecule has 0 heterocycles. The SMILES string of the molecule is C=CCC(O)C(=O)[C@H](O)[C@@H](O)[C@H](O)CO. The lowest BCUT2D eigenvalue weighted by atomic mass is 9.99. The first kappa shape index (κ1) is 14.2. The van der Waals surface area contributed by atoms with E-state index >= 15 is 0 Å². The number of aliphatic hydroxyl groups excluding tert-OH is 5. The van der Waals surface area contributed by atoms with Gasteiger partial charge in [0, 0.05) is 0 Å². The van der Waals surface area contributed by atoms with E-state index < -0.39 is 36.8 Å². The Bertz CT molecular complexity index is 217. The van der Waals surface area contributed by atoms with Gasteiger partial charge in [0.25, 0.3) is 0 Å². The van der Waals surface area contributed by atoms with E-state index in [1.807, 2.05) is 0 Å². The van der Waals surface area contributed by atoms with Crippen LogP contribution >= 0.6 is 0 Å². The van der Waals surface area contributed by atoms with Gasteiger partial charge in [-0.3, -0.25) is 4.79 Å². The maximum Gasteiger partial charge on any atom is 0.192 e. The van der Waals surface area contributed by atoms with Gasteiger partial charge >= 0.3 is 0 Å². The summed E-state index contributed by atoms with van der Waals surface area (Å²) < 4.78 is 0. The number of hydrogen-bond donors (Lipinski definition) is 5. The molecule has 0 rings (SSSR count). The molecule has 0 aromatic carbocycles. The van der Waals surface area contributed by atoms with Crippen molar-refractivity contribution in [3.05, 3.63) is 12.7 Å². The standard InChI is InChI=1S/C9H16O6/c1-2-3-5(11)7(13)9(15)8(14)6(12)4-10/h2,5-6,8-12,14-15H,1,3-4H2/t5?,6-,8+,9+/m1/s1. The minimum Gasteiger partial charge on any atom is -0.394 e. The fourth-order valence-electron chi connectivity index (χ4n) is 0.958. The Kier molecular flexibility index (Phi) is 6.30. The Morgan fingerprint density at radius 1 is 1.27 bits per heavy atom. The molecule has 0 saturated heterocycles. The maximum atomic E-state index is 11.2. The predicted molar refractivity (Wildman–Crippen MR) is 50.9 cm³/mol. The first-order valence-corrected chi connectivity index (χ1v) is 4.43. The van der Waals surface area contributed by atoms with E-state index in [-0.39, 0.29) is 6.42 Å². The molecule has 1 unspecified atom stereocenters. The maximum absolute atomic E-state index is 11.2. The zero-order chi connectivity index (χ0) is 12.0. The molecule has 0 aromatic heterocycles. The molecule has 0 aliphatic carbocycles. The van der Waals surface area contributed by atoms with E-state index in [1.54, 1.807) is 0 Å². The highest BCUT2D eigenvalue weighted by molar-refractivity contribution is 5.87. The van der Waals surface area contributed by atoms with Crippen molar-refractivity contribution >= 4 is 5.78 Å². The quantitative estimate of drug-likeness (QED) is 0.304. The van der Waals surface area contributed by atoms with Crippen LogP contribution < -0.4 is 0 Å². The zero-order valence-corrected chi connectivity index (χ0v) is 8.15. The Morgan fingerprint density at radius 3 is 2.20 bits per heavy atom. The van der Waals surface area contributed by atoms with Crippen molar-refractivity contribution in [2.75, 3.05) is 6.61 Å². The summed E-state index contributed by atoms with van der Waals surface area (Å²) in [6.07, 6.45) is -5.62. The second kappa shape index (κ2) is 6.65. The molecule has 0 aliphatic rings. The highest BCUT2D eigenvalue weighted by Gasteiger charge is 2.32. The van der Waals surface area contributed by atoms with Gasteiger partial charge in [-0.1, -0.05) is 6.08 Å². The second-order valence-corrected chi connectivity index (χ2v) is 3.13. The van der Waals surface area contributed by atoms with Crippen LogP contribution in [-0.4, -0.2) is 62.3 Å². The molecule has 6 heteroatoms. The monoisotopic (exact) mass is 220 g/mol. The third-order valence-corrected chi connectivity index (χ3v) is 1.91. The lowest BCUT2D eigenvalue weighted by Gasteiger charge is -2.21. The zero-order valence-electron chi connectivity index (χ0n) is 8.15. The van der Waals surface area contributed by atoms with E-state index in [1.165, 1.54) is 6.08 Å². The summed E-state index contributed by atoms with van der Waals surface area (Å²) >= 11 is 0. The molecule has 0 radical (unpaired) electrons. The summed E-state index contributed by atoms with van der Waals surface area (Å²) in [6.45, 7) is 2.50. The van der Waals surface area contributed by atoms with Crippen molar-refractivity contribution < 1.29 is 30.3 Å². The average molecular weight is 220 g/mol. The average Bonchev–Trinajstić information content (AvgIpc) is 2.25. The van der Waals surface area contributed by atoms with Crippen LogP contribution in [0.5, 0.6) is 0 Å². The molecule has 0 bridgehead atoms. The number of Topliss-reactive ketones (excluding diaryl/α,β-unsaturated/α-hetero) is 1. The van der Waals surface area contributed by atoms with Gasteiger partial charge in [-0.2, -0.15) is 0 Å². The Labute approximate surface area is 87.1 Å². The summed E-state index contributed by atoms with van der Waals surface area (Å²) in [5, 5.41) is 44.9. The fraction of sp³-hybridized carbons (Fsp3) is 0.667. The van der Waals surface area contributed by atoms with Gasteiger partial charge in [-0.15, -0.1) is 6.58 Å². The van der Waals surface area contributed by atoms with Gasteiger partial charge in [-0.25, -0.2) is 0 Å². The number of hydrogen-bond acceptors (Lipinski definition) is 6. The number of carbonyl (C=O) groups excluding carboxylic acids is 1. The van der Waals surface area contributed by atoms with Crippen LogP contribution in [0.3, 0.4) is 0 Å². The number of ketones is 1. The summed E-state index contributed by atoms with van der Waals surface area (Å²) in [6, 6.07) is 0. The molecular formula is C9H16O6. The van der Waals surface area contributed by atoms with Crippen molar-refractivity contribution in [1.29, 1.82) is 0 Å². The van der Waals surface area contributed by atoms with Gasteiger partial charge in [0.2, 0.25) is 0 Å². The molecule has 0 fully saturated rings. The van der Waals surface area contributed by atoms with Crippen LogP contribution in [0.25, 0.3) is 0 Å². The van der Waals surface area contributed by atoms with Crippen molar-refractivity contribution in [1.82, 2.24) is 0 Å². The third kappa shape index (κ3) is 4.06. The summed E-state index contributed by atoms with van der Waals surface area (Å²) in [7, 11) is 0. The van der Waals surface area contributed by atoms with E-state index in [0.29, 0.717) is 0 Å². The highest BCUT2D eigenvalue weighted by atomic mass is 16.4. The van der Waals surface area contributed by atoms with Crippen LogP contribution in [0.15, 0.2) is 12.7 Å². The second-order valence-electron chi connectivity index (χ2n) is 3.13. The number of rotatable bonds is 7. The molecule has 15 heavy (non-hydrogen) atoms. The van der Waals surface area contributed by atoms with Crippen LogP contribution in [0.2, 0.25) is 0 Å². The molecule has 88 valence electrons. The first-order chi connectivity index (χ1) is 6.95. The highest BCUT2D eigenvalue weighted by Crippen LogP contribution is 2.06. The minimum atomic E-state index is -1.93. The topological polar surface area (TPSA) is 118 Å². The molecular weight excluding hydrogens is 204 g/mol. The van der Waals surface area contributed by atoms with Crippen LogP contribution in [0.1, 0.15) is 6.42 Å². The predicted octanol–water partition coefficient (Wildman–Crippen LogP) is -2.43. The number of aliphatic hydroxyl groups is 5. The minimum absolute atomic E-state index is 0.0577. The molecule has 5 N–H and O–H groups in total. The lowest BCUT2D eigenvalue weighted by Crippen LogP contribution is -2.47. The van der Waals surface area contributed by atoms with E-state index in [0.717, 1.165) is 0 Å². The largest absolute Gasteiger partial charge is 0.394 e. The summed E-state index contributed by atoms with van der Waals surface area (Å²) in [4.78, 5) is 11.2. The number of carbonyl (C=O) groups is 1. The lowest BCUT2D eigenvalue weighted by molar-refractivity contribution is -0.148. The normalized spacial score (nSPS) is 19.0. The van der Waals surface area contributed by atoms with Crippen LogP contribution in [0, 0.1) is 0 Å². The van der Waals surface area contributed by atoms with Gasteiger partial charge in [0.15, 0.2) is 5.78 Å². The van der Waals surface area contributed by atoms with Crippen molar-refractivity contribution in [2.45, 2.75) is 30.8 Å². The van der Waals surface area contributed by atoms with E-state index in [9.17, 15) is 9.90 Å². The first-order valence-electron chi connectivity index (χ1n) is 4.43. The van der Waals surface area contributed by atoms with Crippen molar-refractivity contribution in [3.8, 4) is 0 Å². The Hall–Kier alpha value is -0.790.